The standard InChI is InChI=1S/C20H14Cl2N4O6/c1-11-14(6-4-8-15(11)26(30)31)24-17(27)10-32-20(29)12-5-2-3-7-16(12)25-19(28)18(22)13(21)9-23-25/h2-9H,10H2,1H3,(H,24,27). The number of nitrogens with zero attached hydrogens (tertiary/aromatic N) is 3. The Kier molecular flexibility index (Phi) is 6.86. The Bertz CT molecular complexity index is 1290. The summed E-state index contributed by atoms with van der Waals surface area (Å²) in [5.41, 5.74) is -0.387. The van der Waals surface area contributed by atoms with Gasteiger partial charge in [0.2, 0.25) is 0 Å². The summed E-state index contributed by atoms with van der Waals surface area (Å²) in [5.74, 6) is -1.60. The van der Waals surface area contributed by atoms with Crippen molar-refractivity contribution in [1.82, 2.24) is 9.78 Å². The van der Waals surface area contributed by atoms with Gasteiger partial charge in [0, 0.05) is 6.07 Å². The molecule has 12 heteroatoms. The van der Waals surface area contributed by atoms with Crippen molar-refractivity contribution in [3.05, 3.63) is 90.3 Å². The van der Waals surface area contributed by atoms with E-state index in [-0.39, 0.29) is 38.2 Å². The second-order valence-corrected chi connectivity index (χ2v) is 7.16. The van der Waals surface area contributed by atoms with Crippen molar-refractivity contribution in [2.45, 2.75) is 6.92 Å². The maximum atomic E-state index is 12.6. The molecule has 164 valence electrons. The van der Waals surface area contributed by atoms with Crippen molar-refractivity contribution in [3.63, 3.8) is 0 Å². The van der Waals surface area contributed by atoms with Crippen LogP contribution in [0.2, 0.25) is 10.0 Å². The largest absolute Gasteiger partial charge is 0.452 e. The summed E-state index contributed by atoms with van der Waals surface area (Å²) in [6.07, 6.45) is 1.15. The number of hydrogen-bond acceptors (Lipinski definition) is 7. The fraction of sp³-hybridized carbons (Fsp3) is 0.100. The van der Waals surface area contributed by atoms with Crippen molar-refractivity contribution in [1.29, 1.82) is 0 Å². The molecule has 3 aromatic rings. The highest BCUT2D eigenvalue weighted by molar-refractivity contribution is 6.41. The van der Waals surface area contributed by atoms with Gasteiger partial charge >= 0.3 is 5.97 Å². The van der Waals surface area contributed by atoms with Crippen LogP contribution in [0, 0.1) is 17.0 Å². The highest BCUT2D eigenvalue weighted by atomic mass is 35.5. The first-order chi connectivity index (χ1) is 15.2. The van der Waals surface area contributed by atoms with E-state index >= 15 is 0 Å². The molecular weight excluding hydrogens is 463 g/mol. The number of halogens is 2. The van der Waals surface area contributed by atoms with E-state index in [2.05, 4.69) is 10.4 Å². The molecule has 32 heavy (non-hydrogen) atoms. The quantitative estimate of drug-likeness (QED) is 0.326. The van der Waals surface area contributed by atoms with Crippen LogP contribution in [0.15, 0.2) is 53.5 Å². The number of benzene rings is 2. The molecule has 1 aromatic heterocycles. The molecule has 0 saturated heterocycles. The van der Waals surface area contributed by atoms with E-state index in [1.807, 2.05) is 0 Å². The van der Waals surface area contributed by atoms with E-state index < -0.39 is 29.0 Å². The van der Waals surface area contributed by atoms with E-state index in [0.29, 0.717) is 0 Å². The van der Waals surface area contributed by atoms with Gasteiger partial charge in [-0.15, -0.1) is 0 Å². The molecule has 0 unspecified atom stereocenters. The number of hydrogen-bond donors (Lipinski definition) is 1. The first-order valence-corrected chi connectivity index (χ1v) is 9.70. The normalized spacial score (nSPS) is 10.5. The lowest BCUT2D eigenvalue weighted by Gasteiger charge is -2.12. The molecule has 0 atom stereocenters. The van der Waals surface area contributed by atoms with Crippen LogP contribution in [0.25, 0.3) is 5.69 Å². The summed E-state index contributed by atoms with van der Waals surface area (Å²) < 4.78 is 5.93. The minimum atomic E-state index is -0.897. The monoisotopic (exact) mass is 476 g/mol. The van der Waals surface area contributed by atoms with Crippen LogP contribution >= 0.6 is 23.2 Å². The lowest BCUT2D eigenvalue weighted by Crippen LogP contribution is -2.25. The number of anilines is 1. The highest BCUT2D eigenvalue weighted by Crippen LogP contribution is 2.25. The number of rotatable bonds is 6. The van der Waals surface area contributed by atoms with Crippen LogP contribution < -0.4 is 10.9 Å². The maximum Gasteiger partial charge on any atom is 0.340 e. The van der Waals surface area contributed by atoms with Crippen molar-refractivity contribution in [3.8, 4) is 5.69 Å². The van der Waals surface area contributed by atoms with Gasteiger partial charge in [-0.1, -0.05) is 41.4 Å². The molecule has 1 heterocycles. The number of ether oxygens (including phenoxy) is 1. The summed E-state index contributed by atoms with van der Waals surface area (Å²) in [5, 5.41) is 17.1. The number of esters is 1. The molecule has 0 aliphatic heterocycles. The topological polar surface area (TPSA) is 133 Å². The fourth-order valence-electron chi connectivity index (χ4n) is 2.77. The summed E-state index contributed by atoms with van der Waals surface area (Å²) in [4.78, 5) is 47.6. The third-order valence-electron chi connectivity index (χ3n) is 4.34. The van der Waals surface area contributed by atoms with Crippen molar-refractivity contribution >= 4 is 46.5 Å². The Morgan fingerprint density at radius 3 is 2.62 bits per heavy atom. The van der Waals surface area contributed by atoms with Gasteiger partial charge in [0.15, 0.2) is 6.61 Å². The zero-order valence-electron chi connectivity index (χ0n) is 16.4. The lowest BCUT2D eigenvalue weighted by molar-refractivity contribution is -0.385. The van der Waals surface area contributed by atoms with Crippen LogP contribution in [0.5, 0.6) is 0 Å². The summed E-state index contributed by atoms with van der Waals surface area (Å²) >= 11 is 11.7. The SMILES string of the molecule is Cc1c(NC(=O)COC(=O)c2ccccc2-n2ncc(Cl)c(Cl)c2=O)cccc1[N+](=O)[O-]. The first kappa shape index (κ1) is 22.9. The molecule has 1 amide bonds. The number of carbonyl (C=O) groups is 2. The van der Waals surface area contributed by atoms with E-state index in [0.717, 1.165) is 10.9 Å². The molecule has 0 radical (unpaired) electrons. The van der Waals surface area contributed by atoms with Crippen molar-refractivity contribution in [2.75, 3.05) is 11.9 Å². The molecule has 2 aromatic carbocycles. The van der Waals surface area contributed by atoms with E-state index in [1.54, 1.807) is 6.07 Å². The molecular formula is C20H14Cl2N4O6. The number of para-hydroxylation sites is 1. The van der Waals surface area contributed by atoms with Gasteiger partial charge in [-0.05, 0) is 25.1 Å². The Morgan fingerprint density at radius 2 is 1.91 bits per heavy atom. The molecule has 1 N–H and O–H groups in total. The number of carbonyl (C=O) groups excluding carboxylic acids is 2. The maximum absolute atomic E-state index is 12.6. The van der Waals surface area contributed by atoms with E-state index in [9.17, 15) is 24.5 Å². The van der Waals surface area contributed by atoms with E-state index in [1.165, 1.54) is 43.3 Å². The third-order valence-corrected chi connectivity index (χ3v) is 5.09. The number of aromatic nitrogens is 2. The minimum absolute atomic E-state index is 0.0407. The molecule has 0 saturated carbocycles. The molecule has 0 fully saturated rings. The number of nitrogens with one attached hydrogen (secondary N) is 1. The average molecular weight is 477 g/mol. The molecule has 0 aliphatic carbocycles. The molecule has 0 aliphatic rings. The van der Waals surface area contributed by atoms with Gasteiger partial charge in [-0.25, -0.2) is 4.79 Å². The predicted molar refractivity (Wildman–Crippen MR) is 117 cm³/mol. The second kappa shape index (κ2) is 9.58. The molecule has 3 rings (SSSR count). The Labute approximate surface area is 190 Å². The first-order valence-electron chi connectivity index (χ1n) is 8.94. The molecule has 0 spiro atoms. The van der Waals surface area contributed by atoms with Gasteiger partial charge in [-0.2, -0.15) is 9.78 Å². The Morgan fingerprint density at radius 1 is 1.19 bits per heavy atom. The van der Waals surface area contributed by atoms with Gasteiger partial charge in [0.1, 0.15) is 5.02 Å². The summed E-state index contributed by atoms with van der Waals surface area (Å²) in [6, 6.07) is 10.2. The zero-order valence-corrected chi connectivity index (χ0v) is 17.9. The molecule has 0 bridgehead atoms. The van der Waals surface area contributed by atoms with Crippen LogP contribution in [-0.4, -0.2) is 33.2 Å². The van der Waals surface area contributed by atoms with Gasteiger partial charge in [0.25, 0.3) is 17.2 Å². The lowest BCUT2D eigenvalue weighted by atomic mass is 10.1. The molecule has 10 nitrogen and oxygen atoms in total. The van der Waals surface area contributed by atoms with Gasteiger partial charge < -0.3 is 10.1 Å². The van der Waals surface area contributed by atoms with Crippen LogP contribution in [-0.2, 0) is 9.53 Å². The predicted octanol–water partition coefficient (Wildman–Crippen LogP) is 3.55. The number of nitro groups is 1. The highest BCUT2D eigenvalue weighted by Gasteiger charge is 2.19. The van der Waals surface area contributed by atoms with Crippen molar-refractivity contribution in [2.24, 2.45) is 0 Å². The van der Waals surface area contributed by atoms with Crippen LogP contribution in [0.1, 0.15) is 15.9 Å². The summed E-state index contributed by atoms with van der Waals surface area (Å²) in [7, 11) is 0. The van der Waals surface area contributed by atoms with Crippen LogP contribution in [0.3, 0.4) is 0 Å². The third kappa shape index (κ3) is 4.76. The number of nitro benzene ring substituents is 1. The van der Waals surface area contributed by atoms with E-state index in [4.69, 9.17) is 27.9 Å². The van der Waals surface area contributed by atoms with Crippen molar-refractivity contribution < 1.29 is 19.2 Å². The van der Waals surface area contributed by atoms with Gasteiger partial charge in [-0.3, -0.25) is 19.7 Å². The Hall–Kier alpha value is -3.76. The number of amides is 1. The zero-order chi connectivity index (χ0) is 23.4. The fourth-order valence-corrected chi connectivity index (χ4v) is 3.02. The summed E-state index contributed by atoms with van der Waals surface area (Å²) in [6.45, 7) is 0.816. The smallest absolute Gasteiger partial charge is 0.340 e. The second-order valence-electron chi connectivity index (χ2n) is 6.37. The van der Waals surface area contributed by atoms with Crippen LogP contribution in [0.4, 0.5) is 11.4 Å². The Balaban J connectivity index is 1.76. The minimum Gasteiger partial charge on any atom is -0.452 e. The average Bonchev–Trinajstić information content (AvgIpc) is 2.77. The van der Waals surface area contributed by atoms with Gasteiger partial charge in [0.05, 0.1) is 38.6 Å².